The number of carbonyl (C=O) groups is 1. The minimum atomic E-state index is -0.758. The molecule has 2 heterocycles. The topological polar surface area (TPSA) is 98.7 Å². The number of carbonyl (C=O) groups excluding carboxylic acids is 1. The van der Waals surface area contributed by atoms with Crippen LogP contribution in [0.2, 0.25) is 0 Å². The van der Waals surface area contributed by atoms with Gasteiger partial charge in [-0.1, -0.05) is 251 Å². The molecule has 3 rings (SSSR count). The highest BCUT2D eigenvalue weighted by molar-refractivity contribution is 6.06. The molecule has 2 aromatic heterocycles. The number of ether oxygens (including phenoxy) is 2. The number of imidazole rings is 1. The minimum absolute atomic E-state index is 0.138. The summed E-state index contributed by atoms with van der Waals surface area (Å²) in [4.78, 5) is 28.4. The summed E-state index contributed by atoms with van der Waals surface area (Å²) < 4.78 is 14.2. The Morgan fingerprint density at radius 2 is 0.920 bits per heavy atom. The van der Waals surface area contributed by atoms with Gasteiger partial charge in [0.15, 0.2) is 5.82 Å². The van der Waals surface area contributed by atoms with Gasteiger partial charge in [-0.2, -0.15) is 0 Å². The monoisotopic (exact) mass is 1040 g/mol. The fourth-order valence-corrected chi connectivity index (χ4v) is 11.3. The fraction of sp³-hybridized carbons (Fsp3) is 0.833. The standard InChI is InChI=1S/C66H120N6O3/c1-7-11-13-15-17-19-21-23-25-27-29-31-33-35-37-39-45-52-70(9-3)55-48-56-71(53-46-40-38-36-34-32-30-28-26-24-22-20-18-16-14-12-8-2)54-47-41-42-51-62(73)75-66(5,6)58-72-61(57-74-10-4)69-63-64(72)59-49-43-44-50-60(59)68-65(63)67/h43-44,49-50H,7-42,45-48,51-58H2,1-6H3,(H2,67,68). The molecule has 0 radical (unpaired) electrons. The molecule has 9 nitrogen and oxygen atoms in total. The van der Waals surface area contributed by atoms with E-state index in [0.717, 1.165) is 54.6 Å². The SMILES string of the molecule is CCCCCCCCCCCCCCCCCCCN(CC)CCCN(CCCCCCCCCCCCCCCCCCC)CCCCCC(=O)OC(C)(C)Cn1c(COCC)nc2c(N)nc3ccccc3c21. The number of para-hydroxylation sites is 1. The second-order valence-electron chi connectivity index (χ2n) is 23.5. The summed E-state index contributed by atoms with van der Waals surface area (Å²) in [6.45, 7) is 21.4. The summed E-state index contributed by atoms with van der Waals surface area (Å²) in [7, 11) is 0. The minimum Gasteiger partial charge on any atom is -0.458 e. The van der Waals surface area contributed by atoms with Crippen molar-refractivity contribution in [1.82, 2.24) is 24.3 Å². The van der Waals surface area contributed by atoms with E-state index in [9.17, 15) is 4.79 Å². The Bertz CT molecular complexity index is 1810. The number of hydrogen-bond donors (Lipinski definition) is 1. The molecule has 9 heteroatoms. The Kier molecular flexibility index (Phi) is 39.2. The zero-order valence-electron chi connectivity index (χ0n) is 50.3. The maximum Gasteiger partial charge on any atom is 0.306 e. The van der Waals surface area contributed by atoms with Gasteiger partial charge in [-0.3, -0.25) is 4.79 Å². The first kappa shape index (κ1) is 66.5. The first-order valence-corrected chi connectivity index (χ1v) is 32.5. The number of rotatable bonds is 53. The van der Waals surface area contributed by atoms with Crippen LogP contribution >= 0.6 is 0 Å². The number of benzene rings is 1. The van der Waals surface area contributed by atoms with Crippen molar-refractivity contribution < 1.29 is 14.3 Å². The molecule has 0 unspecified atom stereocenters. The van der Waals surface area contributed by atoms with Gasteiger partial charge in [0, 0.05) is 18.4 Å². The lowest BCUT2D eigenvalue weighted by Crippen LogP contribution is -2.34. The molecule has 0 saturated heterocycles. The molecule has 0 saturated carbocycles. The number of aromatic nitrogens is 3. The summed E-state index contributed by atoms with van der Waals surface area (Å²) in [6.07, 6.45) is 52.9. The second kappa shape index (κ2) is 44.1. The Labute approximate surface area is 462 Å². The third-order valence-electron chi connectivity index (χ3n) is 16.0. The van der Waals surface area contributed by atoms with E-state index in [1.807, 2.05) is 39.0 Å². The van der Waals surface area contributed by atoms with E-state index in [4.69, 9.17) is 20.2 Å². The van der Waals surface area contributed by atoms with Crippen LogP contribution in [0.1, 0.15) is 298 Å². The molecule has 432 valence electrons. The molecule has 0 spiro atoms. The number of fused-ring (bicyclic) bond motifs is 3. The van der Waals surface area contributed by atoms with Crippen LogP contribution in [-0.2, 0) is 27.4 Å². The highest BCUT2D eigenvalue weighted by Gasteiger charge is 2.28. The Morgan fingerprint density at radius 1 is 0.520 bits per heavy atom. The quantitative estimate of drug-likeness (QED) is 0.0441. The molecule has 0 bridgehead atoms. The van der Waals surface area contributed by atoms with Gasteiger partial charge in [0.25, 0.3) is 0 Å². The van der Waals surface area contributed by atoms with Crippen LogP contribution < -0.4 is 5.73 Å². The highest BCUT2D eigenvalue weighted by Crippen LogP contribution is 2.31. The molecular weight excluding hydrogens is 925 g/mol. The van der Waals surface area contributed by atoms with Gasteiger partial charge in [0.1, 0.15) is 23.5 Å². The van der Waals surface area contributed by atoms with E-state index in [0.29, 0.717) is 37.5 Å². The average molecular weight is 1050 g/mol. The second-order valence-corrected chi connectivity index (χ2v) is 23.5. The number of nitrogen functional groups attached to an aromatic ring is 1. The summed E-state index contributed by atoms with van der Waals surface area (Å²) in [5.74, 6) is 1.02. The van der Waals surface area contributed by atoms with Crippen molar-refractivity contribution in [2.24, 2.45) is 0 Å². The Balaban J connectivity index is 1.36. The third kappa shape index (κ3) is 31.4. The number of esters is 1. The van der Waals surface area contributed by atoms with E-state index in [1.165, 1.54) is 251 Å². The van der Waals surface area contributed by atoms with Gasteiger partial charge in [-0.25, -0.2) is 9.97 Å². The molecule has 75 heavy (non-hydrogen) atoms. The first-order valence-electron chi connectivity index (χ1n) is 32.5. The summed E-state index contributed by atoms with van der Waals surface area (Å²) in [6, 6.07) is 8.01. The Hall–Kier alpha value is -2.75. The van der Waals surface area contributed by atoms with Crippen molar-refractivity contribution in [3.63, 3.8) is 0 Å². The van der Waals surface area contributed by atoms with E-state index in [-0.39, 0.29) is 5.97 Å². The largest absolute Gasteiger partial charge is 0.458 e. The van der Waals surface area contributed by atoms with Crippen molar-refractivity contribution in [1.29, 1.82) is 0 Å². The van der Waals surface area contributed by atoms with E-state index >= 15 is 0 Å². The normalized spacial score (nSPS) is 12.2. The first-order chi connectivity index (χ1) is 36.7. The number of unbranched alkanes of at least 4 members (excludes halogenated alkanes) is 34. The highest BCUT2D eigenvalue weighted by atomic mass is 16.6. The third-order valence-corrected chi connectivity index (χ3v) is 16.0. The molecular formula is C66H120N6O3. The van der Waals surface area contributed by atoms with Crippen molar-refractivity contribution in [2.45, 2.75) is 311 Å². The van der Waals surface area contributed by atoms with Crippen LogP contribution in [-0.4, -0.2) is 81.8 Å². The van der Waals surface area contributed by atoms with Crippen LogP contribution in [0.25, 0.3) is 21.9 Å². The molecule has 0 aliphatic rings. The lowest BCUT2D eigenvalue weighted by atomic mass is 10.0. The van der Waals surface area contributed by atoms with Gasteiger partial charge in [-0.15, -0.1) is 0 Å². The van der Waals surface area contributed by atoms with E-state index in [2.05, 4.69) is 46.2 Å². The van der Waals surface area contributed by atoms with Gasteiger partial charge in [-0.05, 0) is 98.2 Å². The van der Waals surface area contributed by atoms with E-state index < -0.39 is 5.60 Å². The van der Waals surface area contributed by atoms with Crippen molar-refractivity contribution in [2.75, 3.05) is 51.6 Å². The summed E-state index contributed by atoms with van der Waals surface area (Å²) >= 11 is 0. The molecule has 0 amide bonds. The summed E-state index contributed by atoms with van der Waals surface area (Å²) in [5.41, 5.74) is 8.07. The molecule has 2 N–H and O–H groups in total. The lowest BCUT2D eigenvalue weighted by Gasteiger charge is -2.27. The van der Waals surface area contributed by atoms with Gasteiger partial charge >= 0.3 is 5.97 Å². The van der Waals surface area contributed by atoms with Crippen molar-refractivity contribution in [3.8, 4) is 0 Å². The maximum atomic E-state index is 13.4. The molecule has 1 aromatic carbocycles. The zero-order valence-corrected chi connectivity index (χ0v) is 50.3. The Morgan fingerprint density at radius 3 is 1.37 bits per heavy atom. The number of nitrogens with two attached hydrogens (primary N) is 1. The lowest BCUT2D eigenvalue weighted by molar-refractivity contribution is -0.157. The van der Waals surface area contributed by atoms with Gasteiger partial charge in [0.05, 0.1) is 17.6 Å². The fourth-order valence-electron chi connectivity index (χ4n) is 11.3. The van der Waals surface area contributed by atoms with Crippen molar-refractivity contribution >= 4 is 33.7 Å². The average Bonchev–Trinajstić information content (AvgIpc) is 3.76. The maximum absolute atomic E-state index is 13.4. The van der Waals surface area contributed by atoms with Crippen LogP contribution in [0.4, 0.5) is 5.82 Å². The zero-order chi connectivity index (χ0) is 53.9. The molecule has 0 atom stereocenters. The smallest absolute Gasteiger partial charge is 0.306 e. The van der Waals surface area contributed by atoms with E-state index in [1.54, 1.807) is 0 Å². The van der Waals surface area contributed by atoms with Crippen LogP contribution in [0.5, 0.6) is 0 Å². The molecule has 0 aliphatic carbocycles. The number of hydrogen-bond acceptors (Lipinski definition) is 8. The molecule has 3 aromatic rings. The van der Waals surface area contributed by atoms with Crippen LogP contribution in [0.15, 0.2) is 24.3 Å². The number of anilines is 1. The number of nitrogens with zero attached hydrogens (tertiary/aromatic N) is 5. The molecule has 0 fully saturated rings. The summed E-state index contributed by atoms with van der Waals surface area (Å²) in [5, 5.41) is 0.974. The predicted octanol–water partition coefficient (Wildman–Crippen LogP) is 18.9. The predicted molar refractivity (Wildman–Crippen MR) is 325 cm³/mol. The van der Waals surface area contributed by atoms with Crippen LogP contribution in [0, 0.1) is 0 Å². The van der Waals surface area contributed by atoms with Crippen molar-refractivity contribution in [3.05, 3.63) is 30.1 Å². The van der Waals surface area contributed by atoms with Gasteiger partial charge in [0.2, 0.25) is 0 Å². The van der Waals surface area contributed by atoms with Gasteiger partial charge < -0.3 is 29.6 Å². The number of pyridine rings is 1. The molecule has 0 aliphatic heterocycles. The van der Waals surface area contributed by atoms with Crippen LogP contribution in [0.3, 0.4) is 0 Å².